The highest BCUT2D eigenvalue weighted by Crippen LogP contribution is 2.39. The van der Waals surface area contributed by atoms with Crippen molar-refractivity contribution in [3.05, 3.63) is 53.7 Å². The number of nitrogens with zero attached hydrogens (tertiary/aromatic N) is 2. The number of hydrogen-bond acceptors (Lipinski definition) is 5. The molecule has 0 saturated carbocycles. The Hall–Kier alpha value is -3.81. The third kappa shape index (κ3) is 3.84. The van der Waals surface area contributed by atoms with Gasteiger partial charge < -0.3 is 20.1 Å². The van der Waals surface area contributed by atoms with Crippen LogP contribution in [0.25, 0.3) is 11.1 Å². The van der Waals surface area contributed by atoms with Crippen molar-refractivity contribution >= 4 is 23.3 Å². The molecule has 2 aromatic carbocycles. The van der Waals surface area contributed by atoms with Gasteiger partial charge in [0.2, 0.25) is 5.91 Å². The highest BCUT2D eigenvalue weighted by molar-refractivity contribution is 6.04. The lowest BCUT2D eigenvalue weighted by atomic mass is 10.1. The molecule has 3 aromatic rings. The van der Waals surface area contributed by atoms with Gasteiger partial charge in [0.05, 0.1) is 26.8 Å². The Labute approximate surface area is 180 Å². The molecule has 2 heterocycles. The summed E-state index contributed by atoms with van der Waals surface area (Å²) in [6.07, 6.45) is 1.66. The van der Waals surface area contributed by atoms with Crippen LogP contribution in [0, 0.1) is 13.8 Å². The van der Waals surface area contributed by atoms with E-state index in [9.17, 15) is 9.59 Å². The topological polar surface area (TPSA) is 94.5 Å². The third-order valence-corrected chi connectivity index (χ3v) is 5.50. The molecule has 0 aliphatic carbocycles. The Balaban J connectivity index is 1.55. The number of amides is 2. The van der Waals surface area contributed by atoms with Crippen molar-refractivity contribution in [3.63, 3.8) is 0 Å². The first-order valence-corrected chi connectivity index (χ1v) is 9.89. The summed E-state index contributed by atoms with van der Waals surface area (Å²) in [5, 5.41) is 10.1. The van der Waals surface area contributed by atoms with Gasteiger partial charge in [-0.05, 0) is 54.8 Å². The minimum Gasteiger partial charge on any atom is -0.493 e. The fourth-order valence-electron chi connectivity index (χ4n) is 3.64. The van der Waals surface area contributed by atoms with Gasteiger partial charge in [0.15, 0.2) is 11.5 Å². The van der Waals surface area contributed by atoms with Crippen LogP contribution < -0.4 is 20.1 Å². The largest absolute Gasteiger partial charge is 0.493 e. The summed E-state index contributed by atoms with van der Waals surface area (Å²) < 4.78 is 12.2. The zero-order chi connectivity index (χ0) is 22.1. The lowest BCUT2D eigenvalue weighted by Crippen LogP contribution is -2.23. The summed E-state index contributed by atoms with van der Waals surface area (Å²) in [7, 11) is 3.14. The number of aryl methyl sites for hydroxylation is 2. The van der Waals surface area contributed by atoms with Gasteiger partial charge in [-0.2, -0.15) is 5.10 Å². The van der Waals surface area contributed by atoms with E-state index in [2.05, 4.69) is 15.7 Å². The number of nitrogens with one attached hydrogen (secondary N) is 2. The summed E-state index contributed by atoms with van der Waals surface area (Å²) in [5.74, 6) is 1.23. The first kappa shape index (κ1) is 20.5. The van der Waals surface area contributed by atoms with Crippen LogP contribution in [0.1, 0.15) is 23.6 Å². The normalized spacial score (nSPS) is 14.7. The van der Waals surface area contributed by atoms with Crippen LogP contribution in [0.15, 0.2) is 42.6 Å². The van der Waals surface area contributed by atoms with Crippen molar-refractivity contribution in [3.8, 4) is 22.6 Å². The van der Waals surface area contributed by atoms with Gasteiger partial charge in [-0.15, -0.1) is 0 Å². The van der Waals surface area contributed by atoms with E-state index in [4.69, 9.17) is 9.47 Å². The van der Waals surface area contributed by atoms with Crippen molar-refractivity contribution < 1.29 is 19.1 Å². The van der Waals surface area contributed by atoms with E-state index in [-0.39, 0.29) is 18.2 Å². The number of fused-ring (bicyclic) bond motifs is 1. The smallest absolute Gasteiger partial charge is 0.251 e. The van der Waals surface area contributed by atoms with Crippen molar-refractivity contribution in [1.29, 1.82) is 0 Å². The molecule has 1 aliphatic rings. The van der Waals surface area contributed by atoms with Gasteiger partial charge >= 0.3 is 0 Å². The van der Waals surface area contributed by atoms with Gasteiger partial charge in [-0.25, -0.2) is 4.68 Å². The van der Waals surface area contributed by atoms with Crippen LogP contribution >= 0.6 is 0 Å². The zero-order valence-electron chi connectivity index (χ0n) is 17.9. The van der Waals surface area contributed by atoms with Crippen molar-refractivity contribution in [2.24, 2.45) is 0 Å². The van der Waals surface area contributed by atoms with Crippen molar-refractivity contribution in [1.82, 2.24) is 9.78 Å². The number of carbonyl (C=O) groups excluding carboxylic acids is 2. The van der Waals surface area contributed by atoms with Gasteiger partial charge in [0, 0.05) is 11.3 Å². The van der Waals surface area contributed by atoms with Crippen LogP contribution in [-0.4, -0.2) is 35.8 Å². The summed E-state index contributed by atoms with van der Waals surface area (Å²) in [6.45, 7) is 4.00. The van der Waals surface area contributed by atoms with Crippen molar-refractivity contribution in [2.75, 3.05) is 24.9 Å². The SMILES string of the molecule is COc1ccc(-c2cnn3c2NC(=O)C3CC(=O)Nc2ccc(C)c(C)c2)cc1OC. The second-order valence-corrected chi connectivity index (χ2v) is 7.48. The van der Waals surface area contributed by atoms with E-state index in [1.807, 2.05) is 44.2 Å². The molecule has 1 atom stereocenters. The highest BCUT2D eigenvalue weighted by atomic mass is 16.5. The first-order valence-electron chi connectivity index (χ1n) is 9.89. The van der Waals surface area contributed by atoms with Crippen molar-refractivity contribution in [2.45, 2.75) is 26.3 Å². The third-order valence-electron chi connectivity index (χ3n) is 5.50. The molecule has 0 saturated heterocycles. The Kier molecular flexibility index (Phi) is 5.37. The monoisotopic (exact) mass is 420 g/mol. The molecule has 8 nitrogen and oxygen atoms in total. The number of anilines is 2. The van der Waals surface area contributed by atoms with Gasteiger partial charge in [0.1, 0.15) is 11.9 Å². The molecule has 2 amide bonds. The lowest BCUT2D eigenvalue weighted by Gasteiger charge is -2.11. The fourth-order valence-corrected chi connectivity index (χ4v) is 3.64. The predicted octanol–water partition coefficient (Wildman–Crippen LogP) is 3.71. The Bertz CT molecular complexity index is 1170. The van der Waals surface area contributed by atoms with E-state index in [1.165, 1.54) is 0 Å². The molecule has 0 radical (unpaired) electrons. The summed E-state index contributed by atoms with van der Waals surface area (Å²) in [4.78, 5) is 25.2. The Morgan fingerprint density at radius 2 is 1.87 bits per heavy atom. The van der Waals surface area contributed by atoms with Crippen LogP contribution in [0.2, 0.25) is 0 Å². The summed E-state index contributed by atoms with van der Waals surface area (Å²) in [5.41, 5.74) is 4.51. The predicted molar refractivity (Wildman–Crippen MR) is 118 cm³/mol. The molecule has 2 N–H and O–H groups in total. The quantitative estimate of drug-likeness (QED) is 0.634. The summed E-state index contributed by atoms with van der Waals surface area (Å²) in [6, 6.07) is 10.5. The molecular weight excluding hydrogens is 396 g/mol. The number of ether oxygens (including phenoxy) is 2. The van der Waals surface area contributed by atoms with Gasteiger partial charge in [-0.1, -0.05) is 12.1 Å². The molecule has 0 spiro atoms. The molecule has 1 aliphatic heterocycles. The average Bonchev–Trinajstić information content (AvgIpc) is 3.29. The molecule has 4 rings (SSSR count). The van der Waals surface area contributed by atoms with Gasteiger partial charge in [0.25, 0.3) is 5.91 Å². The molecule has 0 fully saturated rings. The number of rotatable bonds is 6. The van der Waals surface area contributed by atoms with Crippen LogP contribution in [0.4, 0.5) is 11.5 Å². The molecule has 31 heavy (non-hydrogen) atoms. The molecule has 0 bridgehead atoms. The number of benzene rings is 2. The molecule has 1 aromatic heterocycles. The number of hydrogen-bond donors (Lipinski definition) is 2. The van der Waals surface area contributed by atoms with Crippen LogP contribution in [-0.2, 0) is 9.59 Å². The molecule has 1 unspecified atom stereocenters. The zero-order valence-corrected chi connectivity index (χ0v) is 17.9. The highest BCUT2D eigenvalue weighted by Gasteiger charge is 2.35. The maximum Gasteiger partial charge on any atom is 0.251 e. The second kappa shape index (κ2) is 8.14. The Morgan fingerprint density at radius 3 is 2.58 bits per heavy atom. The maximum absolute atomic E-state index is 12.6. The van der Waals surface area contributed by atoms with Gasteiger partial charge in [-0.3, -0.25) is 9.59 Å². The lowest BCUT2D eigenvalue weighted by molar-refractivity contribution is -0.123. The molecule has 160 valence electrons. The standard InChI is InChI=1S/C23H24N4O4/c1-13-5-7-16(9-14(13)2)25-21(28)11-18-23(29)26-22-17(12-24-27(18)22)15-6-8-19(30-3)20(10-15)31-4/h5-10,12,18H,11H2,1-4H3,(H,25,28)(H,26,29). The number of aromatic nitrogens is 2. The van der Waals surface area contributed by atoms with E-state index in [0.29, 0.717) is 23.0 Å². The average molecular weight is 420 g/mol. The summed E-state index contributed by atoms with van der Waals surface area (Å²) >= 11 is 0. The van der Waals surface area contributed by atoms with E-state index < -0.39 is 6.04 Å². The second-order valence-electron chi connectivity index (χ2n) is 7.48. The minimum absolute atomic E-state index is 0.0151. The number of carbonyl (C=O) groups is 2. The fraction of sp³-hybridized carbons (Fsp3) is 0.261. The minimum atomic E-state index is -0.713. The molecule has 8 heteroatoms. The first-order chi connectivity index (χ1) is 14.9. The van der Waals surface area contributed by atoms with E-state index in [0.717, 1.165) is 22.3 Å². The van der Waals surface area contributed by atoms with E-state index >= 15 is 0 Å². The van der Waals surface area contributed by atoms with Crippen LogP contribution in [0.3, 0.4) is 0 Å². The molecular formula is C23H24N4O4. The van der Waals surface area contributed by atoms with Crippen LogP contribution in [0.5, 0.6) is 11.5 Å². The number of methoxy groups -OCH3 is 2. The Morgan fingerprint density at radius 1 is 1.10 bits per heavy atom. The maximum atomic E-state index is 12.6. The van der Waals surface area contributed by atoms with E-state index in [1.54, 1.807) is 31.2 Å².